The van der Waals surface area contributed by atoms with Gasteiger partial charge in [0.05, 0.1) is 25.1 Å². The van der Waals surface area contributed by atoms with Gasteiger partial charge in [0.2, 0.25) is 0 Å². The molecule has 2 saturated heterocycles. The topological polar surface area (TPSA) is 34.0 Å². The zero-order valence-corrected chi connectivity index (χ0v) is 15.7. The molecule has 2 heterocycles. The van der Waals surface area contributed by atoms with Crippen molar-refractivity contribution in [2.75, 3.05) is 26.9 Å². The molecule has 0 bridgehead atoms. The Bertz CT molecular complexity index is 649. The maximum Gasteiger partial charge on any atom is 0.270 e. The van der Waals surface area contributed by atoms with E-state index in [1.54, 1.807) is 12.0 Å². The Labute approximate surface area is 152 Å². The van der Waals surface area contributed by atoms with Crippen LogP contribution >= 0.6 is 24.0 Å². The van der Waals surface area contributed by atoms with Crippen molar-refractivity contribution in [3.05, 3.63) is 34.7 Å². The summed E-state index contributed by atoms with van der Waals surface area (Å²) in [6.07, 6.45) is 4.37. The number of ether oxygens (including phenoxy) is 1. The molecule has 2 aliphatic rings. The molecule has 0 atom stereocenters. The molecular formula is C18H23N2O2S2+. The van der Waals surface area contributed by atoms with Gasteiger partial charge in [-0.15, -0.1) is 0 Å². The van der Waals surface area contributed by atoms with Crippen molar-refractivity contribution in [3.8, 4) is 5.75 Å². The second kappa shape index (κ2) is 7.68. The fourth-order valence-corrected chi connectivity index (χ4v) is 4.30. The Morgan fingerprint density at radius 1 is 1.33 bits per heavy atom. The maximum atomic E-state index is 12.7. The zero-order valence-electron chi connectivity index (χ0n) is 14.1. The Balaban J connectivity index is 1.67. The quantitative estimate of drug-likeness (QED) is 0.657. The summed E-state index contributed by atoms with van der Waals surface area (Å²) in [4.78, 5) is 16.6. The Kier molecular flexibility index (Phi) is 5.58. The van der Waals surface area contributed by atoms with Gasteiger partial charge >= 0.3 is 0 Å². The lowest BCUT2D eigenvalue weighted by Crippen LogP contribution is -3.14. The molecule has 1 aromatic carbocycles. The number of carbonyl (C=O) groups is 1. The van der Waals surface area contributed by atoms with Gasteiger partial charge in [-0.2, -0.15) is 0 Å². The summed E-state index contributed by atoms with van der Waals surface area (Å²) in [5, 5.41) is 0. The van der Waals surface area contributed by atoms with E-state index in [9.17, 15) is 4.79 Å². The van der Waals surface area contributed by atoms with Crippen molar-refractivity contribution in [2.24, 2.45) is 5.92 Å². The third kappa shape index (κ3) is 3.99. The van der Waals surface area contributed by atoms with Gasteiger partial charge in [-0.05, 0) is 42.5 Å². The first-order chi connectivity index (χ1) is 11.6. The van der Waals surface area contributed by atoms with Gasteiger partial charge in [0.25, 0.3) is 5.91 Å². The monoisotopic (exact) mass is 363 g/mol. The first-order valence-corrected chi connectivity index (χ1v) is 9.52. The van der Waals surface area contributed by atoms with Gasteiger partial charge in [-0.1, -0.05) is 43.0 Å². The number of rotatable bonds is 4. The Morgan fingerprint density at radius 3 is 2.62 bits per heavy atom. The lowest BCUT2D eigenvalue weighted by Gasteiger charge is -2.29. The Morgan fingerprint density at radius 2 is 2.00 bits per heavy atom. The molecule has 2 fully saturated rings. The number of methoxy groups -OCH3 is 1. The number of quaternary nitrogens is 1. The summed E-state index contributed by atoms with van der Waals surface area (Å²) in [7, 11) is 1.64. The van der Waals surface area contributed by atoms with Gasteiger partial charge < -0.3 is 9.64 Å². The number of thiocarbonyl (C=S) groups is 1. The average molecular weight is 364 g/mol. The van der Waals surface area contributed by atoms with Crippen molar-refractivity contribution in [3.63, 3.8) is 0 Å². The summed E-state index contributed by atoms with van der Waals surface area (Å²) in [5.41, 5.74) is 0.982. The van der Waals surface area contributed by atoms with Crippen LogP contribution in [0.2, 0.25) is 0 Å². The minimum Gasteiger partial charge on any atom is -0.497 e. The molecule has 0 saturated carbocycles. The highest BCUT2D eigenvalue weighted by Gasteiger charge is 2.35. The summed E-state index contributed by atoms with van der Waals surface area (Å²) in [6, 6.07) is 7.68. The fourth-order valence-electron chi connectivity index (χ4n) is 3.04. The number of benzene rings is 1. The van der Waals surface area contributed by atoms with Crippen molar-refractivity contribution < 1.29 is 14.4 Å². The lowest BCUT2D eigenvalue weighted by molar-refractivity contribution is -0.913. The smallest absolute Gasteiger partial charge is 0.270 e. The number of amides is 1. The third-order valence-corrected chi connectivity index (χ3v) is 6.03. The summed E-state index contributed by atoms with van der Waals surface area (Å²) in [5.74, 6) is 1.64. The zero-order chi connectivity index (χ0) is 17.1. The van der Waals surface area contributed by atoms with Crippen LogP contribution in [-0.2, 0) is 4.79 Å². The Hall–Kier alpha value is -1.37. The van der Waals surface area contributed by atoms with Crippen LogP contribution in [0.3, 0.4) is 0 Å². The lowest BCUT2D eigenvalue weighted by atomic mass is 10.00. The largest absolute Gasteiger partial charge is 0.497 e. The normalized spacial score (nSPS) is 26.2. The number of piperidine rings is 1. The summed E-state index contributed by atoms with van der Waals surface area (Å²) in [6.45, 7) is 5.23. The number of likely N-dealkylation sites (tertiary alicyclic amines) is 1. The van der Waals surface area contributed by atoms with E-state index in [1.807, 2.05) is 30.3 Å². The molecule has 0 aromatic heterocycles. The summed E-state index contributed by atoms with van der Waals surface area (Å²) < 4.78 is 5.83. The number of carbonyl (C=O) groups excluding carboxylic acids is 1. The van der Waals surface area contributed by atoms with Gasteiger partial charge in [-0.3, -0.25) is 4.79 Å². The predicted molar refractivity (Wildman–Crippen MR) is 102 cm³/mol. The maximum absolute atomic E-state index is 12.7. The highest BCUT2D eigenvalue weighted by molar-refractivity contribution is 8.26. The minimum absolute atomic E-state index is 0.0342. The molecule has 4 nitrogen and oxygen atoms in total. The second-order valence-electron chi connectivity index (χ2n) is 6.47. The molecule has 6 heteroatoms. The number of hydrogen-bond donors (Lipinski definition) is 1. The van der Waals surface area contributed by atoms with Crippen LogP contribution in [0.25, 0.3) is 6.08 Å². The van der Waals surface area contributed by atoms with Crippen molar-refractivity contribution in [2.45, 2.75) is 19.8 Å². The van der Waals surface area contributed by atoms with E-state index in [1.165, 1.54) is 29.5 Å². The van der Waals surface area contributed by atoms with E-state index in [0.29, 0.717) is 15.9 Å². The second-order valence-corrected chi connectivity index (χ2v) is 8.15. The molecule has 0 unspecified atom stereocenters. The number of nitrogens with one attached hydrogen (secondary N) is 1. The molecule has 1 amide bonds. The van der Waals surface area contributed by atoms with E-state index >= 15 is 0 Å². The van der Waals surface area contributed by atoms with Crippen LogP contribution in [0.15, 0.2) is 29.2 Å². The SMILES string of the molecule is COc1ccc(C=C2SC(=S)N(C[NH+]3CCC(C)CC3)C2=O)cc1. The van der Waals surface area contributed by atoms with Crippen molar-refractivity contribution >= 4 is 40.3 Å². The first-order valence-electron chi connectivity index (χ1n) is 8.30. The third-order valence-electron chi connectivity index (χ3n) is 4.65. The highest BCUT2D eigenvalue weighted by Crippen LogP contribution is 2.32. The van der Waals surface area contributed by atoms with Crippen LogP contribution in [0, 0.1) is 5.92 Å². The molecule has 128 valence electrons. The van der Waals surface area contributed by atoms with Gasteiger partial charge in [0, 0.05) is 0 Å². The van der Waals surface area contributed by atoms with Crippen LogP contribution in [0.4, 0.5) is 0 Å². The number of thioether (sulfide) groups is 1. The van der Waals surface area contributed by atoms with Crippen molar-refractivity contribution in [1.29, 1.82) is 0 Å². The van der Waals surface area contributed by atoms with Crippen LogP contribution in [0.1, 0.15) is 25.3 Å². The molecule has 0 radical (unpaired) electrons. The molecule has 1 N–H and O–H groups in total. The van der Waals surface area contributed by atoms with Gasteiger partial charge in [-0.25, -0.2) is 4.90 Å². The van der Waals surface area contributed by atoms with Crippen molar-refractivity contribution in [1.82, 2.24) is 4.90 Å². The number of nitrogens with zero attached hydrogens (tertiary/aromatic N) is 1. The molecule has 0 aliphatic carbocycles. The molecule has 2 aliphatic heterocycles. The fraction of sp³-hybridized carbons (Fsp3) is 0.444. The molecule has 24 heavy (non-hydrogen) atoms. The highest BCUT2D eigenvalue weighted by atomic mass is 32.2. The molecule has 1 aromatic rings. The summed E-state index contributed by atoms with van der Waals surface area (Å²) >= 11 is 6.84. The van der Waals surface area contributed by atoms with Crippen LogP contribution in [-0.4, -0.2) is 42.0 Å². The van der Waals surface area contributed by atoms with E-state index in [4.69, 9.17) is 17.0 Å². The van der Waals surface area contributed by atoms with Crippen LogP contribution in [0.5, 0.6) is 5.75 Å². The number of hydrogen-bond acceptors (Lipinski definition) is 4. The molecule has 3 rings (SSSR count). The average Bonchev–Trinajstić information content (AvgIpc) is 2.85. The molecule has 0 spiro atoms. The van der Waals surface area contributed by atoms with E-state index in [-0.39, 0.29) is 5.91 Å². The van der Waals surface area contributed by atoms with E-state index in [2.05, 4.69) is 6.92 Å². The van der Waals surface area contributed by atoms with Gasteiger partial charge in [0.1, 0.15) is 5.75 Å². The van der Waals surface area contributed by atoms with E-state index in [0.717, 1.165) is 30.3 Å². The van der Waals surface area contributed by atoms with Crippen LogP contribution < -0.4 is 9.64 Å². The first kappa shape index (κ1) is 17.5. The minimum atomic E-state index is 0.0342. The molecular weight excluding hydrogens is 340 g/mol. The predicted octanol–water partition coefficient (Wildman–Crippen LogP) is 2.17. The van der Waals surface area contributed by atoms with E-state index < -0.39 is 0 Å². The van der Waals surface area contributed by atoms with Gasteiger partial charge in [0.15, 0.2) is 11.0 Å². The standard InChI is InChI=1S/C18H22N2O2S2/c1-13-7-9-19(10-8-13)12-20-17(21)16(24-18(20)23)11-14-3-5-15(22-2)6-4-14/h3-6,11,13H,7-10,12H2,1-2H3/p+1.